The molecule has 1 atom stereocenters. The summed E-state index contributed by atoms with van der Waals surface area (Å²) in [5.74, 6) is 1.70. The van der Waals surface area contributed by atoms with Gasteiger partial charge in [-0.25, -0.2) is 0 Å². The molecule has 0 amide bonds. The van der Waals surface area contributed by atoms with E-state index in [1.54, 1.807) is 0 Å². The van der Waals surface area contributed by atoms with E-state index in [1.807, 2.05) is 13.8 Å². The van der Waals surface area contributed by atoms with Gasteiger partial charge in [0.15, 0.2) is 5.82 Å². The lowest BCUT2D eigenvalue weighted by Crippen LogP contribution is -2.28. The first-order valence-electron chi connectivity index (χ1n) is 6.24. The van der Waals surface area contributed by atoms with E-state index in [-0.39, 0.29) is 11.3 Å². The van der Waals surface area contributed by atoms with E-state index < -0.39 is 0 Å². The molecular weight excluding hydrogens is 226 g/mol. The minimum absolute atomic E-state index is 0.255. The largest absolute Gasteiger partial charge is 0.339 e. The summed E-state index contributed by atoms with van der Waals surface area (Å²) < 4.78 is 5.35. The molecule has 0 saturated heterocycles. The lowest BCUT2D eigenvalue weighted by molar-refractivity contribution is 0.308. The average molecular weight is 243 g/mol. The Hall–Kier alpha value is -1.68. The Balaban J connectivity index is 1.89. The van der Waals surface area contributed by atoms with Crippen molar-refractivity contribution < 1.29 is 4.52 Å². The first-order valence-corrected chi connectivity index (χ1v) is 6.24. The molecule has 1 aromatic carbocycles. The van der Waals surface area contributed by atoms with Gasteiger partial charge in [-0.2, -0.15) is 4.98 Å². The van der Waals surface area contributed by atoms with Crippen molar-refractivity contribution in [2.24, 2.45) is 5.73 Å². The second-order valence-electron chi connectivity index (χ2n) is 5.50. The SMILES string of the molecule is CC(C)(CN)c1nc(C2Cc3ccccc32)no1. The van der Waals surface area contributed by atoms with E-state index in [9.17, 15) is 0 Å². The molecule has 1 unspecified atom stereocenters. The van der Waals surface area contributed by atoms with Gasteiger partial charge in [0.2, 0.25) is 5.89 Å². The van der Waals surface area contributed by atoms with Gasteiger partial charge in [0, 0.05) is 6.54 Å². The van der Waals surface area contributed by atoms with Gasteiger partial charge in [0.25, 0.3) is 0 Å². The molecule has 0 bridgehead atoms. The Bertz CT molecular complexity index is 574. The van der Waals surface area contributed by atoms with Crippen molar-refractivity contribution in [3.63, 3.8) is 0 Å². The van der Waals surface area contributed by atoms with E-state index in [1.165, 1.54) is 11.1 Å². The highest BCUT2D eigenvalue weighted by atomic mass is 16.5. The van der Waals surface area contributed by atoms with Crippen LogP contribution in [0.25, 0.3) is 0 Å². The van der Waals surface area contributed by atoms with E-state index in [0.29, 0.717) is 12.4 Å². The van der Waals surface area contributed by atoms with Gasteiger partial charge in [-0.3, -0.25) is 0 Å². The number of aromatic nitrogens is 2. The summed E-state index contributed by atoms with van der Waals surface area (Å²) in [5, 5.41) is 4.11. The maximum atomic E-state index is 5.72. The van der Waals surface area contributed by atoms with Crippen LogP contribution in [0.4, 0.5) is 0 Å². The van der Waals surface area contributed by atoms with Crippen molar-refractivity contribution in [3.8, 4) is 0 Å². The van der Waals surface area contributed by atoms with Crippen LogP contribution >= 0.6 is 0 Å². The van der Waals surface area contributed by atoms with Crippen molar-refractivity contribution in [2.75, 3.05) is 6.54 Å². The number of fused-ring (bicyclic) bond motifs is 1. The van der Waals surface area contributed by atoms with Crippen LogP contribution in [0, 0.1) is 0 Å². The molecule has 1 heterocycles. The minimum Gasteiger partial charge on any atom is -0.339 e. The predicted molar refractivity (Wildman–Crippen MR) is 68.4 cm³/mol. The molecule has 0 fully saturated rings. The molecule has 0 radical (unpaired) electrons. The van der Waals surface area contributed by atoms with E-state index in [4.69, 9.17) is 10.3 Å². The topological polar surface area (TPSA) is 64.9 Å². The fraction of sp³-hybridized carbons (Fsp3) is 0.429. The molecular formula is C14H17N3O. The molecule has 1 aliphatic rings. The van der Waals surface area contributed by atoms with E-state index in [0.717, 1.165) is 12.2 Å². The Morgan fingerprint density at radius 2 is 2.17 bits per heavy atom. The zero-order valence-electron chi connectivity index (χ0n) is 10.7. The zero-order chi connectivity index (χ0) is 12.8. The van der Waals surface area contributed by atoms with Crippen LogP contribution in [0.2, 0.25) is 0 Å². The average Bonchev–Trinajstić information content (AvgIpc) is 2.81. The monoisotopic (exact) mass is 243 g/mol. The normalized spacial score (nSPS) is 18.3. The fourth-order valence-electron chi connectivity index (χ4n) is 2.23. The van der Waals surface area contributed by atoms with Crippen molar-refractivity contribution in [1.82, 2.24) is 10.1 Å². The summed E-state index contributed by atoms with van der Waals surface area (Å²) in [7, 11) is 0. The summed E-state index contributed by atoms with van der Waals surface area (Å²) in [5.41, 5.74) is 8.16. The van der Waals surface area contributed by atoms with Crippen LogP contribution in [0.15, 0.2) is 28.8 Å². The molecule has 2 N–H and O–H groups in total. The molecule has 0 spiro atoms. The van der Waals surface area contributed by atoms with Gasteiger partial charge in [-0.05, 0) is 31.4 Å². The number of nitrogens with zero attached hydrogens (tertiary/aromatic N) is 2. The number of nitrogens with two attached hydrogens (primary N) is 1. The van der Waals surface area contributed by atoms with E-state index >= 15 is 0 Å². The lowest BCUT2D eigenvalue weighted by atomic mass is 9.77. The van der Waals surface area contributed by atoms with Crippen LogP contribution in [-0.2, 0) is 11.8 Å². The van der Waals surface area contributed by atoms with Crippen LogP contribution in [0.5, 0.6) is 0 Å². The molecule has 0 aliphatic heterocycles. The summed E-state index contributed by atoms with van der Waals surface area (Å²) in [6.07, 6.45) is 0.998. The highest BCUT2D eigenvalue weighted by Gasteiger charge is 2.33. The maximum Gasteiger partial charge on any atom is 0.233 e. The highest BCUT2D eigenvalue weighted by Crippen LogP contribution is 2.38. The number of hydrogen-bond donors (Lipinski definition) is 1. The first-order chi connectivity index (χ1) is 8.62. The van der Waals surface area contributed by atoms with Crippen LogP contribution in [0.3, 0.4) is 0 Å². The Labute approximate surface area is 106 Å². The van der Waals surface area contributed by atoms with Gasteiger partial charge in [-0.1, -0.05) is 29.4 Å². The summed E-state index contributed by atoms with van der Waals surface area (Å²) in [6, 6.07) is 8.40. The zero-order valence-corrected chi connectivity index (χ0v) is 10.7. The molecule has 18 heavy (non-hydrogen) atoms. The Morgan fingerprint density at radius 3 is 2.89 bits per heavy atom. The van der Waals surface area contributed by atoms with Gasteiger partial charge in [0.05, 0.1) is 11.3 Å². The van der Waals surface area contributed by atoms with E-state index in [2.05, 4.69) is 34.4 Å². The summed E-state index contributed by atoms with van der Waals surface area (Å²) in [4.78, 5) is 4.52. The molecule has 1 aromatic heterocycles. The smallest absolute Gasteiger partial charge is 0.233 e. The third kappa shape index (κ3) is 1.64. The number of hydrogen-bond acceptors (Lipinski definition) is 4. The molecule has 0 saturated carbocycles. The second kappa shape index (κ2) is 3.92. The quantitative estimate of drug-likeness (QED) is 0.895. The van der Waals surface area contributed by atoms with Crippen LogP contribution < -0.4 is 5.73 Å². The lowest BCUT2D eigenvalue weighted by Gasteiger charge is -2.27. The Kier molecular flexibility index (Phi) is 2.48. The molecule has 4 heteroatoms. The molecule has 3 rings (SSSR count). The van der Waals surface area contributed by atoms with Crippen LogP contribution in [0.1, 0.15) is 42.6 Å². The first kappa shape index (κ1) is 11.4. The van der Waals surface area contributed by atoms with Gasteiger partial charge in [0.1, 0.15) is 0 Å². The predicted octanol–water partition coefficient (Wildman–Crippen LogP) is 1.99. The molecule has 4 nitrogen and oxygen atoms in total. The molecule has 94 valence electrons. The third-order valence-electron chi connectivity index (χ3n) is 3.70. The maximum absolute atomic E-state index is 5.72. The third-order valence-corrected chi connectivity index (χ3v) is 3.70. The van der Waals surface area contributed by atoms with Crippen LogP contribution in [-0.4, -0.2) is 16.7 Å². The number of rotatable bonds is 3. The standard InChI is InChI=1S/C14H17N3O/c1-14(2,8-15)13-16-12(17-18-13)11-7-9-5-3-4-6-10(9)11/h3-6,11H,7-8,15H2,1-2H3. The van der Waals surface area contributed by atoms with Crippen molar-refractivity contribution in [3.05, 3.63) is 47.1 Å². The molecule has 1 aliphatic carbocycles. The fourth-order valence-corrected chi connectivity index (χ4v) is 2.23. The van der Waals surface area contributed by atoms with Gasteiger partial charge < -0.3 is 10.3 Å². The number of benzene rings is 1. The van der Waals surface area contributed by atoms with Crippen molar-refractivity contribution in [2.45, 2.75) is 31.6 Å². The summed E-state index contributed by atoms with van der Waals surface area (Å²) >= 11 is 0. The van der Waals surface area contributed by atoms with Gasteiger partial charge >= 0.3 is 0 Å². The van der Waals surface area contributed by atoms with Crippen molar-refractivity contribution in [1.29, 1.82) is 0 Å². The Morgan fingerprint density at radius 1 is 1.39 bits per heavy atom. The highest BCUT2D eigenvalue weighted by molar-refractivity contribution is 5.43. The second-order valence-corrected chi connectivity index (χ2v) is 5.50. The molecule has 2 aromatic rings. The van der Waals surface area contributed by atoms with Crippen molar-refractivity contribution >= 4 is 0 Å². The summed E-state index contributed by atoms with van der Waals surface area (Å²) in [6.45, 7) is 4.52. The van der Waals surface area contributed by atoms with Gasteiger partial charge in [-0.15, -0.1) is 0 Å². The minimum atomic E-state index is -0.255.